The Morgan fingerprint density at radius 3 is 2.46 bits per heavy atom. The van der Waals surface area contributed by atoms with Gasteiger partial charge in [0, 0.05) is 6.54 Å². The van der Waals surface area contributed by atoms with Gasteiger partial charge in [0.2, 0.25) is 5.95 Å². The van der Waals surface area contributed by atoms with E-state index < -0.39 is 0 Å². The van der Waals surface area contributed by atoms with Crippen LogP contribution >= 0.6 is 0 Å². The Hall–Kier alpha value is -3.55. The van der Waals surface area contributed by atoms with Crippen LogP contribution in [0.25, 0.3) is 0 Å². The lowest BCUT2D eigenvalue weighted by molar-refractivity contribution is 0.354. The van der Waals surface area contributed by atoms with Crippen LogP contribution in [0.5, 0.6) is 17.2 Å². The molecule has 8 nitrogen and oxygen atoms in total. The number of nitrogens with one attached hydrogen (secondary N) is 2. The van der Waals surface area contributed by atoms with Gasteiger partial charge in [0.15, 0.2) is 17.3 Å². The van der Waals surface area contributed by atoms with Gasteiger partial charge in [-0.1, -0.05) is 18.2 Å². The summed E-state index contributed by atoms with van der Waals surface area (Å²) >= 11 is 0. The van der Waals surface area contributed by atoms with E-state index in [0.717, 1.165) is 17.7 Å². The number of hydrogen-bond donors (Lipinski definition) is 2. The second kappa shape index (κ2) is 9.40. The molecular weight excluding hydrogens is 358 g/mol. The van der Waals surface area contributed by atoms with Crippen LogP contribution in [0, 0.1) is 0 Å². The Labute approximate surface area is 163 Å². The summed E-state index contributed by atoms with van der Waals surface area (Å²) in [6.45, 7) is 0.683. The standard InChI is InChI=1S/C20H23N5O3/c1-26-16-7-5-4-6-15(16)23-20-24-19(13-22-25-20)21-11-10-14-8-9-17(27-2)18(12-14)28-3/h4-9,12-13H,10-11H2,1-3H3,(H2,21,23,24,25). The molecule has 0 unspecified atom stereocenters. The van der Waals surface area contributed by atoms with Crippen molar-refractivity contribution in [3.63, 3.8) is 0 Å². The smallest absolute Gasteiger partial charge is 0.249 e. The fourth-order valence-electron chi connectivity index (χ4n) is 2.68. The number of hydrogen-bond acceptors (Lipinski definition) is 8. The third-order valence-electron chi connectivity index (χ3n) is 4.08. The molecule has 0 atom stereocenters. The van der Waals surface area contributed by atoms with Gasteiger partial charge in [0.1, 0.15) is 5.75 Å². The van der Waals surface area contributed by atoms with E-state index in [1.54, 1.807) is 27.5 Å². The van der Waals surface area contributed by atoms with Gasteiger partial charge in [-0.2, -0.15) is 10.1 Å². The molecule has 8 heteroatoms. The minimum absolute atomic E-state index is 0.389. The van der Waals surface area contributed by atoms with Crippen molar-refractivity contribution in [2.75, 3.05) is 38.5 Å². The van der Waals surface area contributed by atoms with E-state index in [9.17, 15) is 0 Å². The van der Waals surface area contributed by atoms with Crippen molar-refractivity contribution in [3.8, 4) is 17.2 Å². The summed E-state index contributed by atoms with van der Waals surface area (Å²) in [6.07, 6.45) is 2.38. The van der Waals surface area contributed by atoms with E-state index in [1.165, 1.54) is 0 Å². The lowest BCUT2D eigenvalue weighted by atomic mass is 10.1. The number of anilines is 3. The summed E-state index contributed by atoms with van der Waals surface area (Å²) in [6, 6.07) is 13.4. The molecular formula is C20H23N5O3. The highest BCUT2D eigenvalue weighted by Gasteiger charge is 2.07. The molecule has 0 aliphatic carbocycles. The Morgan fingerprint density at radius 1 is 0.893 bits per heavy atom. The third kappa shape index (κ3) is 4.79. The SMILES string of the molecule is COc1ccccc1Nc1nncc(NCCc2ccc(OC)c(OC)c2)n1. The number of ether oxygens (including phenoxy) is 3. The summed E-state index contributed by atoms with van der Waals surface area (Å²) < 4.78 is 15.9. The van der Waals surface area contributed by atoms with Crippen LogP contribution in [0.1, 0.15) is 5.56 Å². The Kier molecular flexibility index (Phi) is 6.46. The van der Waals surface area contributed by atoms with Crippen molar-refractivity contribution in [2.45, 2.75) is 6.42 Å². The lowest BCUT2D eigenvalue weighted by Gasteiger charge is -2.11. The normalized spacial score (nSPS) is 10.2. The summed E-state index contributed by atoms with van der Waals surface area (Å²) in [7, 11) is 4.87. The second-order valence-electron chi connectivity index (χ2n) is 5.86. The molecule has 0 aliphatic heterocycles. The van der Waals surface area contributed by atoms with E-state index in [1.807, 2.05) is 42.5 Å². The molecule has 0 fully saturated rings. The van der Waals surface area contributed by atoms with Crippen LogP contribution in [0.4, 0.5) is 17.5 Å². The fourth-order valence-corrected chi connectivity index (χ4v) is 2.68. The van der Waals surface area contributed by atoms with Gasteiger partial charge in [-0.05, 0) is 36.2 Å². The number of aromatic nitrogens is 3. The number of benzene rings is 2. The maximum atomic E-state index is 5.34. The third-order valence-corrected chi connectivity index (χ3v) is 4.08. The van der Waals surface area contributed by atoms with Gasteiger partial charge in [-0.25, -0.2) is 0 Å². The lowest BCUT2D eigenvalue weighted by Crippen LogP contribution is -2.09. The van der Waals surface area contributed by atoms with Crippen LogP contribution in [0.2, 0.25) is 0 Å². The minimum Gasteiger partial charge on any atom is -0.495 e. The molecule has 0 amide bonds. The average molecular weight is 381 g/mol. The Balaban J connectivity index is 1.61. The monoisotopic (exact) mass is 381 g/mol. The predicted molar refractivity (Wildman–Crippen MR) is 108 cm³/mol. The molecule has 0 spiro atoms. The van der Waals surface area contributed by atoms with Gasteiger partial charge in [-0.3, -0.25) is 0 Å². The van der Waals surface area contributed by atoms with E-state index in [4.69, 9.17) is 14.2 Å². The summed E-state index contributed by atoms with van der Waals surface area (Å²) in [4.78, 5) is 4.44. The van der Waals surface area contributed by atoms with Crippen LogP contribution in [-0.4, -0.2) is 43.1 Å². The number of para-hydroxylation sites is 2. The number of rotatable bonds is 9. The maximum Gasteiger partial charge on any atom is 0.249 e. The van der Waals surface area contributed by atoms with Crippen molar-refractivity contribution in [1.29, 1.82) is 0 Å². The molecule has 0 saturated carbocycles. The second-order valence-corrected chi connectivity index (χ2v) is 5.86. The molecule has 1 heterocycles. The molecule has 28 heavy (non-hydrogen) atoms. The van der Waals surface area contributed by atoms with Gasteiger partial charge >= 0.3 is 0 Å². The van der Waals surface area contributed by atoms with Crippen molar-refractivity contribution in [3.05, 3.63) is 54.2 Å². The Morgan fingerprint density at radius 2 is 1.68 bits per heavy atom. The van der Waals surface area contributed by atoms with Gasteiger partial charge < -0.3 is 24.8 Å². The van der Waals surface area contributed by atoms with Crippen molar-refractivity contribution < 1.29 is 14.2 Å². The zero-order chi connectivity index (χ0) is 19.8. The first-order chi connectivity index (χ1) is 13.7. The largest absolute Gasteiger partial charge is 0.495 e. The number of nitrogens with zero attached hydrogens (tertiary/aromatic N) is 3. The zero-order valence-electron chi connectivity index (χ0n) is 16.1. The van der Waals surface area contributed by atoms with E-state index in [-0.39, 0.29) is 0 Å². The molecule has 2 aromatic carbocycles. The first-order valence-electron chi connectivity index (χ1n) is 8.78. The van der Waals surface area contributed by atoms with Crippen molar-refractivity contribution in [2.24, 2.45) is 0 Å². The summed E-state index contributed by atoms with van der Waals surface area (Å²) in [5, 5.41) is 14.4. The highest BCUT2D eigenvalue weighted by atomic mass is 16.5. The van der Waals surface area contributed by atoms with Gasteiger partial charge in [0.05, 0.1) is 33.2 Å². The predicted octanol–water partition coefficient (Wildman–Crippen LogP) is 3.30. The Bertz CT molecular complexity index is 920. The quantitative estimate of drug-likeness (QED) is 0.583. The topological polar surface area (TPSA) is 90.4 Å². The average Bonchev–Trinajstić information content (AvgIpc) is 2.74. The highest BCUT2D eigenvalue weighted by Crippen LogP contribution is 2.28. The van der Waals surface area contributed by atoms with Crippen LogP contribution in [0.3, 0.4) is 0 Å². The first kappa shape index (κ1) is 19.2. The zero-order valence-corrected chi connectivity index (χ0v) is 16.1. The van der Waals surface area contributed by atoms with Gasteiger partial charge in [0.25, 0.3) is 0 Å². The van der Waals surface area contributed by atoms with Crippen molar-refractivity contribution in [1.82, 2.24) is 15.2 Å². The highest BCUT2D eigenvalue weighted by molar-refractivity contribution is 5.62. The molecule has 0 aliphatic rings. The van der Waals surface area contributed by atoms with Crippen LogP contribution in [-0.2, 0) is 6.42 Å². The van der Waals surface area contributed by atoms with E-state index in [2.05, 4.69) is 25.8 Å². The molecule has 0 bridgehead atoms. The molecule has 146 valence electrons. The maximum absolute atomic E-state index is 5.34. The molecule has 2 N–H and O–H groups in total. The van der Waals surface area contributed by atoms with Crippen molar-refractivity contribution >= 4 is 17.5 Å². The first-order valence-corrected chi connectivity index (χ1v) is 8.78. The molecule has 3 aromatic rings. The minimum atomic E-state index is 0.389. The van der Waals surface area contributed by atoms with Crippen LogP contribution < -0.4 is 24.8 Å². The molecule has 1 aromatic heterocycles. The summed E-state index contributed by atoms with van der Waals surface area (Å²) in [5.41, 5.74) is 1.90. The molecule has 0 radical (unpaired) electrons. The van der Waals surface area contributed by atoms with E-state index >= 15 is 0 Å². The number of methoxy groups -OCH3 is 3. The fraction of sp³-hybridized carbons (Fsp3) is 0.250. The molecule has 0 saturated heterocycles. The summed E-state index contributed by atoms with van der Waals surface area (Å²) in [5.74, 6) is 3.16. The molecule has 3 rings (SSSR count). The van der Waals surface area contributed by atoms with E-state index in [0.29, 0.717) is 35.6 Å². The van der Waals surface area contributed by atoms with Gasteiger partial charge in [-0.15, -0.1) is 5.10 Å². The van der Waals surface area contributed by atoms with Crippen LogP contribution in [0.15, 0.2) is 48.7 Å².